The predicted molar refractivity (Wildman–Crippen MR) is 82.8 cm³/mol. The van der Waals surface area contributed by atoms with Gasteiger partial charge in [0.2, 0.25) is 0 Å². The summed E-state index contributed by atoms with van der Waals surface area (Å²) >= 11 is 0. The zero-order valence-corrected chi connectivity index (χ0v) is 13.5. The van der Waals surface area contributed by atoms with Gasteiger partial charge in [-0.15, -0.1) is 0 Å². The fourth-order valence-electron chi connectivity index (χ4n) is 3.64. The highest BCUT2D eigenvalue weighted by atomic mass is 16.5. The first-order valence-corrected chi connectivity index (χ1v) is 8.51. The molecule has 0 aliphatic heterocycles. The van der Waals surface area contributed by atoms with E-state index in [1.807, 2.05) is 0 Å². The van der Waals surface area contributed by atoms with Crippen LogP contribution >= 0.6 is 0 Å². The first-order valence-electron chi connectivity index (χ1n) is 8.51. The molecule has 2 rings (SSSR count). The highest BCUT2D eigenvalue weighted by Gasteiger charge is 2.31. The van der Waals surface area contributed by atoms with Crippen molar-refractivity contribution in [2.24, 2.45) is 11.8 Å². The maximum Gasteiger partial charge on any atom is 0.0610 e. The zero-order chi connectivity index (χ0) is 14.6. The van der Waals surface area contributed by atoms with Crippen molar-refractivity contribution in [3.8, 4) is 0 Å². The van der Waals surface area contributed by atoms with Crippen molar-refractivity contribution in [1.29, 1.82) is 0 Å². The largest absolute Gasteiger partial charge is 0.394 e. The molecule has 3 nitrogen and oxygen atoms in total. The lowest BCUT2D eigenvalue weighted by Crippen LogP contribution is -2.47. The van der Waals surface area contributed by atoms with E-state index in [4.69, 9.17) is 4.74 Å². The molecule has 0 bridgehead atoms. The number of hydrogen-bond acceptors (Lipinski definition) is 3. The second-order valence-corrected chi connectivity index (χ2v) is 7.65. The molecule has 3 unspecified atom stereocenters. The molecular weight excluding hydrogens is 250 g/mol. The molecule has 2 saturated carbocycles. The molecule has 0 amide bonds. The second-order valence-electron chi connectivity index (χ2n) is 7.65. The number of rotatable bonds is 8. The van der Waals surface area contributed by atoms with E-state index in [0.717, 1.165) is 31.3 Å². The Morgan fingerprint density at radius 1 is 1.15 bits per heavy atom. The molecule has 3 atom stereocenters. The van der Waals surface area contributed by atoms with Crippen LogP contribution in [-0.2, 0) is 4.74 Å². The van der Waals surface area contributed by atoms with Crippen LogP contribution in [0.3, 0.4) is 0 Å². The van der Waals surface area contributed by atoms with Gasteiger partial charge in [0.25, 0.3) is 0 Å². The van der Waals surface area contributed by atoms with E-state index in [2.05, 4.69) is 26.1 Å². The third-order valence-electron chi connectivity index (χ3n) is 4.84. The van der Waals surface area contributed by atoms with Gasteiger partial charge in [-0.3, -0.25) is 0 Å². The van der Waals surface area contributed by atoms with Crippen LogP contribution in [0.4, 0.5) is 0 Å². The number of aliphatic hydroxyl groups is 1. The lowest BCUT2D eigenvalue weighted by Gasteiger charge is -2.32. The van der Waals surface area contributed by atoms with Crippen molar-refractivity contribution < 1.29 is 9.84 Å². The summed E-state index contributed by atoms with van der Waals surface area (Å²) in [5, 5.41) is 13.1. The number of aliphatic hydroxyl groups excluding tert-OH is 1. The minimum absolute atomic E-state index is 0.113. The van der Waals surface area contributed by atoms with Crippen LogP contribution in [0, 0.1) is 11.8 Å². The Morgan fingerprint density at radius 3 is 2.35 bits per heavy atom. The molecule has 2 aliphatic carbocycles. The molecular formula is C17H33NO2. The van der Waals surface area contributed by atoms with Crippen molar-refractivity contribution in [2.45, 2.75) is 83.4 Å². The smallest absolute Gasteiger partial charge is 0.0610 e. The molecule has 2 N–H and O–H groups in total. The van der Waals surface area contributed by atoms with Gasteiger partial charge in [0, 0.05) is 18.2 Å². The van der Waals surface area contributed by atoms with E-state index in [1.165, 1.54) is 32.1 Å². The average Bonchev–Trinajstić information content (AvgIpc) is 3.17. The Bertz CT molecular complexity index is 283. The second kappa shape index (κ2) is 7.24. The van der Waals surface area contributed by atoms with Crippen molar-refractivity contribution in [3.05, 3.63) is 0 Å². The average molecular weight is 283 g/mol. The quantitative estimate of drug-likeness (QED) is 0.673. The molecule has 0 heterocycles. The van der Waals surface area contributed by atoms with Gasteiger partial charge >= 0.3 is 0 Å². The molecule has 3 heteroatoms. The lowest BCUT2D eigenvalue weighted by molar-refractivity contribution is -0.00358. The van der Waals surface area contributed by atoms with E-state index in [0.29, 0.717) is 12.1 Å². The van der Waals surface area contributed by atoms with Gasteiger partial charge in [-0.2, -0.15) is 0 Å². The van der Waals surface area contributed by atoms with Crippen LogP contribution in [0.2, 0.25) is 0 Å². The summed E-state index contributed by atoms with van der Waals surface area (Å²) in [4.78, 5) is 0. The molecule has 0 aromatic carbocycles. The van der Waals surface area contributed by atoms with Crippen LogP contribution < -0.4 is 5.32 Å². The number of hydrogen-bond donors (Lipinski definition) is 2. The molecule has 20 heavy (non-hydrogen) atoms. The van der Waals surface area contributed by atoms with E-state index in [-0.39, 0.29) is 12.1 Å². The van der Waals surface area contributed by atoms with Gasteiger partial charge in [0.15, 0.2) is 0 Å². The summed E-state index contributed by atoms with van der Waals surface area (Å²) in [7, 11) is 0. The molecule has 0 aromatic heterocycles. The van der Waals surface area contributed by atoms with Crippen molar-refractivity contribution >= 4 is 0 Å². The minimum Gasteiger partial charge on any atom is -0.394 e. The van der Waals surface area contributed by atoms with Gasteiger partial charge in [0.05, 0.1) is 12.7 Å². The monoisotopic (exact) mass is 283 g/mol. The zero-order valence-electron chi connectivity index (χ0n) is 13.5. The third kappa shape index (κ3) is 5.34. The normalized spacial score (nSPS) is 33.9. The molecule has 0 saturated heterocycles. The van der Waals surface area contributed by atoms with Gasteiger partial charge in [-0.25, -0.2) is 0 Å². The summed E-state index contributed by atoms with van der Waals surface area (Å²) < 4.78 is 6.07. The summed E-state index contributed by atoms with van der Waals surface area (Å²) in [6.45, 7) is 7.88. The molecule has 118 valence electrons. The van der Waals surface area contributed by atoms with Crippen LogP contribution in [0.15, 0.2) is 0 Å². The molecule has 0 spiro atoms. The number of nitrogens with one attached hydrogen (secondary N) is 1. The SMILES string of the molecule is CC1CC(C)CC(OCCCC(C)(CO)NC2CC2)C1. The van der Waals surface area contributed by atoms with Crippen molar-refractivity contribution in [3.63, 3.8) is 0 Å². The fourth-order valence-corrected chi connectivity index (χ4v) is 3.64. The minimum atomic E-state index is -0.113. The molecule has 2 fully saturated rings. The molecule has 0 aromatic rings. The highest BCUT2D eigenvalue weighted by molar-refractivity contribution is 4.92. The Hall–Kier alpha value is -0.120. The van der Waals surface area contributed by atoms with Gasteiger partial charge in [-0.1, -0.05) is 13.8 Å². The van der Waals surface area contributed by atoms with Crippen LogP contribution in [0.5, 0.6) is 0 Å². The van der Waals surface area contributed by atoms with Crippen LogP contribution in [0.1, 0.15) is 65.7 Å². The van der Waals surface area contributed by atoms with Crippen molar-refractivity contribution in [1.82, 2.24) is 5.32 Å². The summed E-state index contributed by atoms with van der Waals surface area (Å²) in [6.07, 6.45) is 8.84. The van der Waals surface area contributed by atoms with Crippen LogP contribution in [0.25, 0.3) is 0 Å². The lowest BCUT2D eigenvalue weighted by atomic mass is 9.82. The summed E-state index contributed by atoms with van der Waals surface area (Å²) in [5.74, 6) is 1.62. The Morgan fingerprint density at radius 2 is 1.80 bits per heavy atom. The van der Waals surface area contributed by atoms with Crippen molar-refractivity contribution in [2.75, 3.05) is 13.2 Å². The topological polar surface area (TPSA) is 41.5 Å². The van der Waals surface area contributed by atoms with E-state index in [1.54, 1.807) is 0 Å². The first-order chi connectivity index (χ1) is 9.50. The predicted octanol–water partition coefficient (Wildman–Crippen LogP) is 3.11. The molecule has 0 radical (unpaired) electrons. The Labute approximate surface area is 124 Å². The standard InChI is InChI=1S/C17H33NO2/c1-13-9-14(2)11-16(10-13)20-8-4-7-17(3,12-19)18-15-5-6-15/h13-16,18-19H,4-12H2,1-3H3. The van der Waals surface area contributed by atoms with E-state index in [9.17, 15) is 5.11 Å². The first kappa shape index (κ1) is 16.3. The van der Waals surface area contributed by atoms with Gasteiger partial charge < -0.3 is 15.2 Å². The summed E-state index contributed by atoms with van der Waals surface area (Å²) in [5.41, 5.74) is -0.113. The fraction of sp³-hybridized carbons (Fsp3) is 1.00. The van der Waals surface area contributed by atoms with Gasteiger partial charge in [-0.05, 0) is 63.7 Å². The van der Waals surface area contributed by atoms with E-state index >= 15 is 0 Å². The Kier molecular flexibility index (Phi) is 5.88. The van der Waals surface area contributed by atoms with E-state index < -0.39 is 0 Å². The van der Waals surface area contributed by atoms with Gasteiger partial charge in [0.1, 0.15) is 0 Å². The maximum atomic E-state index is 9.58. The summed E-state index contributed by atoms with van der Waals surface area (Å²) in [6, 6.07) is 0.646. The highest BCUT2D eigenvalue weighted by Crippen LogP contribution is 2.30. The van der Waals surface area contributed by atoms with Crippen LogP contribution in [-0.4, -0.2) is 36.0 Å². The maximum absolute atomic E-state index is 9.58. The Balaban J connectivity index is 1.62. The number of ether oxygens (including phenoxy) is 1. The third-order valence-corrected chi connectivity index (χ3v) is 4.84. The molecule has 2 aliphatic rings.